The van der Waals surface area contributed by atoms with Crippen molar-refractivity contribution in [1.82, 2.24) is 10.6 Å². The van der Waals surface area contributed by atoms with Gasteiger partial charge in [0, 0.05) is 13.7 Å². The Morgan fingerprint density at radius 3 is 2.80 bits per heavy atom. The van der Waals surface area contributed by atoms with Gasteiger partial charge in [0.2, 0.25) is 5.91 Å². The van der Waals surface area contributed by atoms with Gasteiger partial charge in [-0.3, -0.25) is 4.79 Å². The van der Waals surface area contributed by atoms with Crippen LogP contribution < -0.4 is 10.6 Å². The van der Waals surface area contributed by atoms with E-state index in [1.807, 2.05) is 0 Å². The molecule has 1 heterocycles. The molecule has 8 nitrogen and oxygen atoms in total. The summed E-state index contributed by atoms with van der Waals surface area (Å²) >= 11 is 0. The molecule has 1 fully saturated rings. The van der Waals surface area contributed by atoms with E-state index in [9.17, 15) is 14.4 Å². The first-order valence-corrected chi connectivity index (χ1v) is 6.49. The largest absolute Gasteiger partial charge is 0.415 e. The van der Waals surface area contributed by atoms with Gasteiger partial charge in [0.05, 0.1) is 13.2 Å². The Kier molecular flexibility index (Phi) is 7.59. The van der Waals surface area contributed by atoms with E-state index in [1.54, 1.807) is 7.11 Å². The monoisotopic (exact) mass is 288 g/mol. The summed E-state index contributed by atoms with van der Waals surface area (Å²) in [6.07, 6.45) is 1.22. The van der Waals surface area contributed by atoms with Crippen molar-refractivity contribution in [2.45, 2.75) is 25.3 Å². The van der Waals surface area contributed by atoms with Gasteiger partial charge in [0.15, 0.2) is 0 Å². The molecule has 2 N–H and O–H groups in total. The number of alkyl carbamates (subject to hydrolysis) is 1. The highest BCUT2D eigenvalue weighted by Crippen LogP contribution is 2.08. The van der Waals surface area contributed by atoms with Gasteiger partial charge in [-0.1, -0.05) is 0 Å². The fraction of sp³-hybridized carbons (Fsp3) is 0.750. The van der Waals surface area contributed by atoms with E-state index in [0.717, 1.165) is 0 Å². The molecule has 1 aliphatic heterocycles. The minimum absolute atomic E-state index is 0.00830. The first kappa shape index (κ1) is 16.4. The van der Waals surface area contributed by atoms with Crippen LogP contribution in [0.3, 0.4) is 0 Å². The van der Waals surface area contributed by atoms with E-state index in [0.29, 0.717) is 39.0 Å². The maximum absolute atomic E-state index is 11.3. The van der Waals surface area contributed by atoms with E-state index >= 15 is 0 Å². The molecule has 1 saturated heterocycles. The number of rotatable bonds is 10. The highest BCUT2D eigenvalue weighted by molar-refractivity contribution is 5.95. The van der Waals surface area contributed by atoms with Gasteiger partial charge in [-0.2, -0.15) is 0 Å². The van der Waals surface area contributed by atoms with Crippen molar-refractivity contribution in [1.29, 1.82) is 0 Å². The average Bonchev–Trinajstić information content (AvgIpc) is 2.73. The molecule has 0 saturated carbocycles. The SMILES string of the molecule is COCCOCC(=O)NCCCC[C@@H]1NC(=O)OC1=O. The van der Waals surface area contributed by atoms with Gasteiger partial charge in [-0.05, 0) is 19.3 Å². The standard InChI is InChI=1S/C12H20N2O6/c1-18-6-7-19-8-10(15)13-5-3-2-4-9-11(16)20-12(17)14-9/h9H,2-8H2,1H3,(H,13,15)(H,14,17)/t9-/m0/s1. The van der Waals surface area contributed by atoms with Gasteiger partial charge in [0.1, 0.15) is 12.6 Å². The summed E-state index contributed by atoms with van der Waals surface area (Å²) in [6.45, 7) is 1.35. The Hall–Kier alpha value is -1.67. The Bertz CT molecular complexity index is 347. The van der Waals surface area contributed by atoms with Crippen LogP contribution in [0.5, 0.6) is 0 Å². The van der Waals surface area contributed by atoms with E-state index in [1.165, 1.54) is 0 Å². The predicted octanol–water partition coefficient (Wildman–Crippen LogP) is -0.429. The molecule has 0 aromatic carbocycles. The van der Waals surface area contributed by atoms with Crippen molar-refractivity contribution in [3.8, 4) is 0 Å². The predicted molar refractivity (Wildman–Crippen MR) is 68.0 cm³/mol. The molecule has 2 amide bonds. The second-order valence-corrected chi connectivity index (χ2v) is 4.30. The van der Waals surface area contributed by atoms with Crippen LogP contribution in [0.1, 0.15) is 19.3 Å². The summed E-state index contributed by atoms with van der Waals surface area (Å²) in [5, 5.41) is 5.11. The van der Waals surface area contributed by atoms with Crippen LogP contribution in [0.15, 0.2) is 0 Å². The Morgan fingerprint density at radius 1 is 1.35 bits per heavy atom. The number of ether oxygens (including phenoxy) is 3. The first-order valence-electron chi connectivity index (χ1n) is 6.49. The summed E-state index contributed by atoms with van der Waals surface area (Å²) in [5.41, 5.74) is 0. The van der Waals surface area contributed by atoms with Gasteiger partial charge >= 0.3 is 12.1 Å². The van der Waals surface area contributed by atoms with Crippen LogP contribution in [-0.2, 0) is 23.8 Å². The molecule has 0 radical (unpaired) electrons. The number of esters is 1. The van der Waals surface area contributed by atoms with Crippen LogP contribution in [0.4, 0.5) is 4.79 Å². The minimum atomic E-state index is -0.693. The van der Waals surface area contributed by atoms with Crippen LogP contribution in [-0.4, -0.2) is 57.5 Å². The molecular formula is C12H20N2O6. The maximum atomic E-state index is 11.3. The lowest BCUT2D eigenvalue weighted by Gasteiger charge is -2.07. The topological polar surface area (TPSA) is 103 Å². The molecule has 0 unspecified atom stereocenters. The quantitative estimate of drug-likeness (QED) is 0.321. The fourth-order valence-corrected chi connectivity index (χ4v) is 1.64. The van der Waals surface area contributed by atoms with E-state index in [-0.39, 0.29) is 12.5 Å². The zero-order valence-electron chi connectivity index (χ0n) is 11.5. The molecular weight excluding hydrogens is 268 g/mol. The molecule has 0 aliphatic carbocycles. The van der Waals surface area contributed by atoms with Gasteiger partial charge in [0.25, 0.3) is 0 Å². The van der Waals surface area contributed by atoms with Crippen LogP contribution in [0, 0.1) is 0 Å². The first-order chi connectivity index (χ1) is 9.63. The number of cyclic esters (lactones) is 2. The van der Waals surface area contributed by atoms with E-state index in [2.05, 4.69) is 15.4 Å². The third-order valence-electron chi connectivity index (χ3n) is 2.68. The van der Waals surface area contributed by atoms with Crippen molar-refractivity contribution >= 4 is 18.0 Å². The smallest absolute Gasteiger partial charge is 0.382 e. The second-order valence-electron chi connectivity index (χ2n) is 4.30. The third-order valence-corrected chi connectivity index (χ3v) is 2.68. The van der Waals surface area contributed by atoms with Crippen LogP contribution in [0.25, 0.3) is 0 Å². The van der Waals surface area contributed by atoms with Crippen molar-refractivity contribution in [3.05, 3.63) is 0 Å². The molecule has 0 bridgehead atoms. The van der Waals surface area contributed by atoms with E-state index in [4.69, 9.17) is 9.47 Å². The van der Waals surface area contributed by atoms with Gasteiger partial charge in [-0.15, -0.1) is 0 Å². The minimum Gasteiger partial charge on any atom is -0.382 e. The number of carbonyl (C=O) groups is 3. The fourth-order valence-electron chi connectivity index (χ4n) is 1.64. The lowest BCUT2D eigenvalue weighted by atomic mass is 10.1. The molecule has 0 aromatic heterocycles. The van der Waals surface area contributed by atoms with Crippen LogP contribution in [0.2, 0.25) is 0 Å². The average molecular weight is 288 g/mol. The lowest BCUT2D eigenvalue weighted by molar-refractivity contribution is -0.135. The summed E-state index contributed by atoms with van der Waals surface area (Å²) in [5.74, 6) is -0.722. The molecule has 20 heavy (non-hydrogen) atoms. The van der Waals surface area contributed by atoms with Gasteiger partial charge < -0.3 is 24.8 Å². The van der Waals surface area contributed by atoms with Crippen molar-refractivity contribution in [2.24, 2.45) is 0 Å². The van der Waals surface area contributed by atoms with Crippen LogP contribution >= 0.6 is 0 Å². The summed E-state index contributed by atoms with van der Waals surface area (Å²) in [4.78, 5) is 33.2. The molecule has 0 spiro atoms. The molecule has 114 valence electrons. The Labute approximate surface area is 117 Å². The number of unbranched alkanes of at least 4 members (excludes halogenated alkanes) is 1. The number of hydrogen-bond acceptors (Lipinski definition) is 6. The normalized spacial score (nSPS) is 17.8. The van der Waals surface area contributed by atoms with Crippen molar-refractivity contribution in [3.63, 3.8) is 0 Å². The Morgan fingerprint density at radius 2 is 2.15 bits per heavy atom. The van der Waals surface area contributed by atoms with Crippen molar-refractivity contribution < 1.29 is 28.6 Å². The summed E-state index contributed by atoms with van der Waals surface area (Å²) in [7, 11) is 1.56. The van der Waals surface area contributed by atoms with Gasteiger partial charge in [-0.25, -0.2) is 9.59 Å². The number of amides is 2. The number of carbonyl (C=O) groups excluding carboxylic acids is 3. The molecule has 8 heteroatoms. The Balaban J connectivity index is 1.95. The number of nitrogens with one attached hydrogen (secondary N) is 2. The van der Waals surface area contributed by atoms with Crippen molar-refractivity contribution in [2.75, 3.05) is 33.5 Å². The third kappa shape index (κ3) is 6.48. The zero-order chi connectivity index (χ0) is 14.8. The molecule has 1 rings (SSSR count). The number of hydrogen-bond donors (Lipinski definition) is 2. The highest BCUT2D eigenvalue weighted by Gasteiger charge is 2.31. The number of methoxy groups -OCH3 is 1. The molecule has 0 aromatic rings. The highest BCUT2D eigenvalue weighted by atomic mass is 16.6. The summed E-state index contributed by atoms with van der Waals surface area (Å²) in [6, 6.07) is -0.560. The second kappa shape index (κ2) is 9.27. The molecule has 1 aliphatic rings. The molecule has 1 atom stereocenters. The zero-order valence-corrected chi connectivity index (χ0v) is 11.5. The lowest BCUT2D eigenvalue weighted by Crippen LogP contribution is -2.30. The van der Waals surface area contributed by atoms with E-state index < -0.39 is 18.1 Å². The summed E-state index contributed by atoms with van der Waals surface area (Å²) < 4.78 is 14.2. The maximum Gasteiger partial charge on any atom is 0.415 e.